The van der Waals surface area contributed by atoms with E-state index in [0.717, 1.165) is 44.7 Å². The molecule has 1 unspecified atom stereocenters. The van der Waals surface area contributed by atoms with Crippen LogP contribution in [0.15, 0.2) is 29.3 Å². The van der Waals surface area contributed by atoms with Crippen molar-refractivity contribution < 1.29 is 4.74 Å². The fourth-order valence-corrected chi connectivity index (χ4v) is 4.23. The lowest BCUT2D eigenvalue weighted by atomic mass is 9.98. The molecule has 1 N–H and O–H groups in total. The number of nitrogens with zero attached hydrogens (tertiary/aromatic N) is 3. The number of benzene rings is 1. The molecule has 150 valence electrons. The third kappa shape index (κ3) is 5.94. The molecule has 5 heteroatoms. The molecule has 27 heavy (non-hydrogen) atoms. The van der Waals surface area contributed by atoms with Crippen LogP contribution in [0.25, 0.3) is 0 Å². The second kappa shape index (κ2) is 10.1. The molecule has 0 aromatic heterocycles. The Bertz CT molecular complexity index is 610. The van der Waals surface area contributed by atoms with Gasteiger partial charge in [0.25, 0.3) is 0 Å². The summed E-state index contributed by atoms with van der Waals surface area (Å²) in [6.45, 7) is 9.64. The molecule has 2 fully saturated rings. The highest BCUT2D eigenvalue weighted by Crippen LogP contribution is 2.19. The quantitative estimate of drug-likeness (QED) is 0.616. The Morgan fingerprint density at radius 3 is 2.70 bits per heavy atom. The zero-order valence-electron chi connectivity index (χ0n) is 17.3. The van der Waals surface area contributed by atoms with E-state index in [9.17, 15) is 0 Å². The minimum absolute atomic E-state index is 0.615. The number of ether oxygens (including phenoxy) is 1. The van der Waals surface area contributed by atoms with Crippen LogP contribution in [0, 0.1) is 11.8 Å². The average molecular weight is 373 g/mol. The van der Waals surface area contributed by atoms with Crippen molar-refractivity contribution >= 4 is 5.96 Å². The summed E-state index contributed by atoms with van der Waals surface area (Å²) in [5.41, 5.74) is 2.74. The zero-order valence-corrected chi connectivity index (χ0v) is 17.3. The Labute approximate surface area is 164 Å². The Balaban J connectivity index is 1.50. The van der Waals surface area contributed by atoms with E-state index in [1.807, 2.05) is 7.05 Å². The highest BCUT2D eigenvalue weighted by atomic mass is 16.5. The van der Waals surface area contributed by atoms with Crippen LogP contribution < -0.4 is 5.32 Å². The number of likely N-dealkylation sites (tertiary alicyclic amines) is 2. The predicted octanol–water partition coefficient (Wildman–Crippen LogP) is 2.96. The van der Waals surface area contributed by atoms with Gasteiger partial charge in [0.2, 0.25) is 0 Å². The van der Waals surface area contributed by atoms with E-state index in [1.165, 1.54) is 43.5 Å². The summed E-state index contributed by atoms with van der Waals surface area (Å²) in [6.07, 6.45) is 3.84. The van der Waals surface area contributed by atoms with Gasteiger partial charge in [-0.15, -0.1) is 0 Å². The number of guanidine groups is 1. The maximum atomic E-state index is 5.31. The van der Waals surface area contributed by atoms with E-state index < -0.39 is 0 Å². The number of piperidine rings is 1. The van der Waals surface area contributed by atoms with Gasteiger partial charge in [-0.05, 0) is 49.4 Å². The zero-order chi connectivity index (χ0) is 19.1. The fraction of sp³-hybridized carbons (Fsp3) is 0.682. The number of rotatable bonds is 6. The molecule has 0 amide bonds. The second-order valence-electron chi connectivity index (χ2n) is 8.24. The molecule has 2 aliphatic heterocycles. The van der Waals surface area contributed by atoms with Gasteiger partial charge in [-0.25, -0.2) is 0 Å². The van der Waals surface area contributed by atoms with Gasteiger partial charge in [0.1, 0.15) is 0 Å². The Hall–Kier alpha value is -1.59. The largest absolute Gasteiger partial charge is 0.384 e. The summed E-state index contributed by atoms with van der Waals surface area (Å²) in [4.78, 5) is 9.42. The van der Waals surface area contributed by atoms with Crippen LogP contribution in [0.3, 0.4) is 0 Å². The first-order chi connectivity index (χ1) is 13.2. The molecule has 1 aromatic rings. The van der Waals surface area contributed by atoms with E-state index in [4.69, 9.17) is 4.74 Å². The van der Waals surface area contributed by atoms with Crippen molar-refractivity contribution in [1.82, 2.24) is 15.1 Å². The molecule has 3 rings (SSSR count). The number of nitrogens with one attached hydrogen (secondary N) is 1. The lowest BCUT2D eigenvalue weighted by Gasteiger charge is -2.30. The van der Waals surface area contributed by atoms with Crippen LogP contribution in [0.4, 0.5) is 0 Å². The summed E-state index contributed by atoms with van der Waals surface area (Å²) < 4.78 is 5.31. The maximum Gasteiger partial charge on any atom is 0.193 e. The first-order valence-electron chi connectivity index (χ1n) is 10.4. The number of aliphatic imine (C=N–C) groups is 1. The molecule has 0 bridgehead atoms. The van der Waals surface area contributed by atoms with E-state index in [1.54, 1.807) is 7.11 Å². The highest BCUT2D eigenvalue weighted by molar-refractivity contribution is 5.80. The van der Waals surface area contributed by atoms with Gasteiger partial charge >= 0.3 is 0 Å². The minimum atomic E-state index is 0.615. The van der Waals surface area contributed by atoms with Crippen molar-refractivity contribution in [2.45, 2.75) is 39.3 Å². The van der Waals surface area contributed by atoms with E-state index in [2.05, 4.69) is 51.3 Å². The molecule has 1 aromatic carbocycles. The lowest BCUT2D eigenvalue weighted by molar-refractivity contribution is 0.157. The van der Waals surface area contributed by atoms with Crippen molar-refractivity contribution in [3.8, 4) is 0 Å². The summed E-state index contributed by atoms with van der Waals surface area (Å²) >= 11 is 0. The third-order valence-electron chi connectivity index (χ3n) is 5.92. The fourth-order valence-electron chi connectivity index (χ4n) is 4.23. The van der Waals surface area contributed by atoms with E-state index in [0.29, 0.717) is 5.92 Å². The minimum Gasteiger partial charge on any atom is -0.384 e. The first kappa shape index (κ1) is 20.2. The molecule has 2 aliphatic rings. The smallest absolute Gasteiger partial charge is 0.193 e. The Kier molecular flexibility index (Phi) is 7.53. The second-order valence-corrected chi connectivity index (χ2v) is 8.24. The average Bonchev–Trinajstić information content (AvgIpc) is 3.13. The van der Waals surface area contributed by atoms with Crippen molar-refractivity contribution in [3.63, 3.8) is 0 Å². The van der Waals surface area contributed by atoms with Crippen LogP contribution in [0.1, 0.15) is 37.3 Å². The lowest BCUT2D eigenvalue weighted by Crippen LogP contribution is -2.39. The summed E-state index contributed by atoms with van der Waals surface area (Å²) in [5.74, 6) is 2.51. The molecule has 5 nitrogen and oxygen atoms in total. The molecule has 0 saturated carbocycles. The van der Waals surface area contributed by atoms with Crippen LogP contribution >= 0.6 is 0 Å². The monoisotopic (exact) mass is 372 g/mol. The van der Waals surface area contributed by atoms with Gasteiger partial charge in [-0.2, -0.15) is 0 Å². The van der Waals surface area contributed by atoms with E-state index in [-0.39, 0.29) is 0 Å². The molecular weight excluding hydrogens is 336 g/mol. The van der Waals surface area contributed by atoms with Crippen LogP contribution in [-0.2, 0) is 17.8 Å². The summed E-state index contributed by atoms with van der Waals surface area (Å²) in [5, 5.41) is 3.55. The molecule has 2 saturated heterocycles. The van der Waals surface area contributed by atoms with Crippen LogP contribution in [0.2, 0.25) is 0 Å². The normalized spacial score (nSPS) is 22.4. The Morgan fingerprint density at radius 2 is 1.96 bits per heavy atom. The number of methoxy groups -OCH3 is 1. The van der Waals surface area contributed by atoms with Crippen molar-refractivity contribution in [2.24, 2.45) is 16.8 Å². The molecule has 0 radical (unpaired) electrons. The van der Waals surface area contributed by atoms with Gasteiger partial charge in [-0.1, -0.05) is 31.2 Å². The van der Waals surface area contributed by atoms with Crippen molar-refractivity contribution in [1.29, 1.82) is 0 Å². The van der Waals surface area contributed by atoms with Crippen LogP contribution in [-0.4, -0.2) is 62.7 Å². The van der Waals surface area contributed by atoms with Crippen molar-refractivity contribution in [2.75, 3.05) is 46.9 Å². The van der Waals surface area contributed by atoms with Crippen molar-refractivity contribution in [3.05, 3.63) is 35.4 Å². The summed E-state index contributed by atoms with van der Waals surface area (Å²) in [6, 6.07) is 8.99. The first-order valence-corrected chi connectivity index (χ1v) is 10.4. The number of hydrogen-bond donors (Lipinski definition) is 1. The topological polar surface area (TPSA) is 40.1 Å². The van der Waals surface area contributed by atoms with E-state index >= 15 is 0 Å². The summed E-state index contributed by atoms with van der Waals surface area (Å²) in [7, 11) is 3.66. The number of hydrogen-bond acceptors (Lipinski definition) is 3. The highest BCUT2D eigenvalue weighted by Gasteiger charge is 2.24. The third-order valence-corrected chi connectivity index (χ3v) is 5.92. The molecule has 0 aliphatic carbocycles. The Morgan fingerprint density at radius 1 is 1.19 bits per heavy atom. The van der Waals surface area contributed by atoms with Gasteiger partial charge in [0.05, 0.1) is 6.61 Å². The maximum absolute atomic E-state index is 5.31. The van der Waals surface area contributed by atoms with Gasteiger partial charge in [-0.3, -0.25) is 9.89 Å². The molecule has 2 heterocycles. The molecule has 1 atom stereocenters. The molecular formula is C22H36N4O. The SMILES string of the molecule is CN=C(NCc1cccc(CN2CCC(C)CC2)c1)N1CCC(COC)C1. The van der Waals surface area contributed by atoms with Gasteiger partial charge < -0.3 is 15.0 Å². The van der Waals surface area contributed by atoms with Gasteiger partial charge in [0, 0.05) is 46.3 Å². The predicted molar refractivity (Wildman–Crippen MR) is 112 cm³/mol. The van der Waals surface area contributed by atoms with Gasteiger partial charge in [0.15, 0.2) is 5.96 Å². The molecule has 0 spiro atoms. The van der Waals surface area contributed by atoms with Crippen LogP contribution in [0.5, 0.6) is 0 Å². The standard InChI is InChI=1S/C22H36N4O/c1-18-7-10-25(11-8-18)15-20-6-4-5-19(13-20)14-24-22(23-2)26-12-9-21(16-26)17-27-3/h4-6,13,18,21H,7-12,14-17H2,1-3H3,(H,23,24).